The van der Waals surface area contributed by atoms with Crippen molar-refractivity contribution in [2.75, 3.05) is 11.5 Å². The molecule has 15 heavy (non-hydrogen) atoms. The van der Waals surface area contributed by atoms with Gasteiger partial charge in [0.1, 0.15) is 5.25 Å². The van der Waals surface area contributed by atoms with E-state index in [-0.39, 0.29) is 16.8 Å². The second-order valence-electron chi connectivity index (χ2n) is 4.26. The highest BCUT2D eigenvalue weighted by Crippen LogP contribution is 2.31. The van der Waals surface area contributed by atoms with Crippen LogP contribution in [0.4, 0.5) is 0 Å². The molecule has 0 aromatic heterocycles. The van der Waals surface area contributed by atoms with Gasteiger partial charge >= 0.3 is 0 Å². The summed E-state index contributed by atoms with van der Waals surface area (Å²) in [4.78, 5) is 12.0. The zero-order valence-electron chi connectivity index (χ0n) is 8.65. The molecule has 2 atom stereocenters. The number of sulfone groups is 1. The summed E-state index contributed by atoms with van der Waals surface area (Å²) in [6, 6.07) is 0. The fourth-order valence-corrected chi connectivity index (χ4v) is 5.58. The van der Waals surface area contributed by atoms with Gasteiger partial charge in [-0.05, 0) is 31.4 Å². The maximum Gasteiger partial charge on any atom is 0.163 e. The Labute approximate surface area is 94.9 Å². The number of carbonyl (C=O) groups excluding carboxylic acids is 1. The van der Waals surface area contributed by atoms with Gasteiger partial charge in [-0.15, -0.1) is 0 Å². The predicted molar refractivity (Wildman–Crippen MR) is 61.9 cm³/mol. The Morgan fingerprint density at radius 1 is 1.13 bits per heavy atom. The molecule has 2 fully saturated rings. The minimum atomic E-state index is -3.12. The summed E-state index contributed by atoms with van der Waals surface area (Å²) in [6.07, 6.45) is 4.08. The SMILES string of the molecule is O=C(C1CCCS1)C1CCCCS1(=O)=O. The smallest absolute Gasteiger partial charge is 0.163 e. The molecule has 2 heterocycles. The summed E-state index contributed by atoms with van der Waals surface area (Å²) in [6.45, 7) is 0. The maximum absolute atomic E-state index is 12.0. The van der Waals surface area contributed by atoms with Crippen LogP contribution in [0.2, 0.25) is 0 Å². The molecule has 0 saturated carbocycles. The van der Waals surface area contributed by atoms with Crippen LogP contribution in [0.15, 0.2) is 0 Å². The van der Waals surface area contributed by atoms with E-state index in [4.69, 9.17) is 0 Å². The summed E-state index contributed by atoms with van der Waals surface area (Å²) >= 11 is 1.63. The van der Waals surface area contributed by atoms with E-state index in [0.717, 1.165) is 31.4 Å². The molecule has 0 spiro atoms. The maximum atomic E-state index is 12.0. The number of carbonyl (C=O) groups is 1. The Hall–Kier alpha value is -0.0300. The summed E-state index contributed by atoms with van der Waals surface area (Å²) in [5.41, 5.74) is 0. The lowest BCUT2D eigenvalue weighted by molar-refractivity contribution is -0.118. The second kappa shape index (κ2) is 4.45. The Balaban J connectivity index is 2.11. The van der Waals surface area contributed by atoms with Crippen LogP contribution in [-0.4, -0.2) is 36.2 Å². The van der Waals surface area contributed by atoms with Gasteiger partial charge in [0.25, 0.3) is 0 Å². The Kier molecular flexibility index (Phi) is 3.40. The number of hydrogen-bond acceptors (Lipinski definition) is 4. The van der Waals surface area contributed by atoms with E-state index in [1.807, 2.05) is 0 Å². The topological polar surface area (TPSA) is 51.2 Å². The average Bonchev–Trinajstić information content (AvgIpc) is 2.69. The van der Waals surface area contributed by atoms with E-state index in [1.165, 1.54) is 0 Å². The summed E-state index contributed by atoms with van der Waals surface area (Å²) in [5, 5.41) is -0.718. The van der Waals surface area contributed by atoms with E-state index >= 15 is 0 Å². The third-order valence-electron chi connectivity index (χ3n) is 3.14. The van der Waals surface area contributed by atoms with Gasteiger partial charge in [-0.25, -0.2) is 8.42 Å². The van der Waals surface area contributed by atoms with Crippen molar-refractivity contribution < 1.29 is 13.2 Å². The Morgan fingerprint density at radius 3 is 2.53 bits per heavy atom. The van der Waals surface area contributed by atoms with Crippen LogP contribution in [-0.2, 0) is 14.6 Å². The predicted octanol–water partition coefficient (Wildman–Crippen LogP) is 1.42. The molecule has 86 valence electrons. The Morgan fingerprint density at radius 2 is 1.93 bits per heavy atom. The summed E-state index contributed by atoms with van der Waals surface area (Å²) < 4.78 is 23.5. The molecule has 2 aliphatic heterocycles. The number of Topliss-reactive ketones (excluding diaryl/α,β-unsaturated/α-hetero) is 1. The van der Waals surface area contributed by atoms with Crippen LogP contribution in [0.1, 0.15) is 32.1 Å². The first kappa shape index (κ1) is 11.5. The number of rotatable bonds is 2. The standard InChI is InChI=1S/C10H16O3S2/c11-10(8-4-3-6-14-8)9-5-1-2-7-15(9,12)13/h8-9H,1-7H2. The molecule has 2 unspecified atom stereocenters. The number of hydrogen-bond donors (Lipinski definition) is 0. The monoisotopic (exact) mass is 248 g/mol. The largest absolute Gasteiger partial charge is 0.297 e. The van der Waals surface area contributed by atoms with E-state index in [9.17, 15) is 13.2 Å². The van der Waals surface area contributed by atoms with E-state index in [1.54, 1.807) is 11.8 Å². The second-order valence-corrected chi connectivity index (χ2v) is 7.87. The quantitative estimate of drug-likeness (QED) is 0.741. The molecule has 5 heteroatoms. The van der Waals surface area contributed by atoms with E-state index in [0.29, 0.717) is 6.42 Å². The van der Waals surface area contributed by atoms with Crippen molar-refractivity contribution in [1.82, 2.24) is 0 Å². The van der Waals surface area contributed by atoms with Crippen molar-refractivity contribution in [3.63, 3.8) is 0 Å². The van der Waals surface area contributed by atoms with Crippen molar-refractivity contribution >= 4 is 27.4 Å². The molecule has 0 amide bonds. The first-order valence-corrected chi connectivity index (χ1v) is 8.24. The van der Waals surface area contributed by atoms with Crippen LogP contribution < -0.4 is 0 Å². The van der Waals surface area contributed by atoms with Crippen LogP contribution in [0.25, 0.3) is 0 Å². The van der Waals surface area contributed by atoms with Gasteiger partial charge in [0.2, 0.25) is 0 Å². The zero-order valence-corrected chi connectivity index (χ0v) is 10.3. The molecule has 0 radical (unpaired) electrons. The third-order valence-corrected chi connectivity index (χ3v) is 6.73. The van der Waals surface area contributed by atoms with Gasteiger partial charge in [-0.3, -0.25) is 4.79 Å². The molecule has 0 aliphatic carbocycles. The van der Waals surface area contributed by atoms with E-state index in [2.05, 4.69) is 0 Å². The lowest BCUT2D eigenvalue weighted by Gasteiger charge is -2.23. The van der Waals surface area contributed by atoms with Gasteiger partial charge in [0.15, 0.2) is 15.6 Å². The van der Waals surface area contributed by atoms with Crippen LogP contribution in [0, 0.1) is 0 Å². The van der Waals surface area contributed by atoms with Crippen molar-refractivity contribution in [3.8, 4) is 0 Å². The highest BCUT2D eigenvalue weighted by Gasteiger charge is 2.39. The lowest BCUT2D eigenvalue weighted by Crippen LogP contribution is -2.39. The normalized spacial score (nSPS) is 35.2. The minimum absolute atomic E-state index is 0.0165. The molecular formula is C10H16O3S2. The van der Waals surface area contributed by atoms with Gasteiger partial charge in [0, 0.05) is 0 Å². The zero-order chi connectivity index (χ0) is 10.9. The molecule has 0 aromatic carbocycles. The molecule has 2 saturated heterocycles. The van der Waals surface area contributed by atoms with Crippen molar-refractivity contribution in [3.05, 3.63) is 0 Å². The highest BCUT2D eigenvalue weighted by molar-refractivity contribution is 8.01. The van der Waals surface area contributed by atoms with Crippen molar-refractivity contribution in [2.24, 2.45) is 0 Å². The van der Waals surface area contributed by atoms with E-state index < -0.39 is 15.1 Å². The molecule has 2 rings (SSSR count). The van der Waals surface area contributed by atoms with Gasteiger partial charge in [-0.2, -0.15) is 11.8 Å². The first-order chi connectivity index (χ1) is 7.11. The summed E-state index contributed by atoms with van der Waals surface area (Å²) in [7, 11) is -3.12. The molecule has 0 N–H and O–H groups in total. The molecule has 0 aromatic rings. The number of ketones is 1. The minimum Gasteiger partial charge on any atom is -0.297 e. The summed E-state index contributed by atoms with van der Waals surface area (Å²) in [5.74, 6) is 1.20. The molecule has 3 nitrogen and oxygen atoms in total. The average molecular weight is 248 g/mol. The molecule has 2 aliphatic rings. The molecular weight excluding hydrogens is 232 g/mol. The fourth-order valence-electron chi connectivity index (χ4n) is 2.28. The van der Waals surface area contributed by atoms with Crippen molar-refractivity contribution in [1.29, 1.82) is 0 Å². The third kappa shape index (κ3) is 2.38. The van der Waals surface area contributed by atoms with Crippen LogP contribution >= 0.6 is 11.8 Å². The Bertz CT molecular complexity index is 342. The fraction of sp³-hybridized carbons (Fsp3) is 0.900. The van der Waals surface area contributed by atoms with Crippen LogP contribution in [0.3, 0.4) is 0 Å². The van der Waals surface area contributed by atoms with Crippen molar-refractivity contribution in [2.45, 2.75) is 42.6 Å². The lowest BCUT2D eigenvalue weighted by atomic mass is 10.1. The first-order valence-electron chi connectivity index (χ1n) is 5.48. The van der Waals surface area contributed by atoms with Gasteiger partial charge < -0.3 is 0 Å². The van der Waals surface area contributed by atoms with Gasteiger partial charge in [-0.1, -0.05) is 6.42 Å². The van der Waals surface area contributed by atoms with Gasteiger partial charge in [0.05, 0.1) is 11.0 Å². The number of thioether (sulfide) groups is 1. The molecule has 0 bridgehead atoms. The highest BCUT2D eigenvalue weighted by atomic mass is 32.2. The van der Waals surface area contributed by atoms with Crippen LogP contribution in [0.5, 0.6) is 0 Å².